The third kappa shape index (κ3) is 8.14. The zero-order chi connectivity index (χ0) is 30.4. The van der Waals surface area contributed by atoms with Gasteiger partial charge in [-0.2, -0.15) is 0 Å². The summed E-state index contributed by atoms with van der Waals surface area (Å²) in [6.45, 7) is 6.56. The van der Waals surface area contributed by atoms with Crippen molar-refractivity contribution < 1.29 is 27.5 Å². The maximum absolute atomic E-state index is 14.1. The molecule has 2 amide bonds. The number of hydrogen-bond donors (Lipinski definition) is 1. The summed E-state index contributed by atoms with van der Waals surface area (Å²) in [5.74, 6) is -0.230. The molecule has 11 heteroatoms. The number of nitrogens with zero attached hydrogens (tertiary/aromatic N) is 2. The van der Waals surface area contributed by atoms with Crippen LogP contribution in [0, 0.1) is 0 Å². The molecule has 0 aliphatic heterocycles. The number of hydrogen-bond acceptors (Lipinski definition) is 6. The molecule has 0 aromatic heterocycles. The van der Waals surface area contributed by atoms with Gasteiger partial charge < -0.3 is 19.7 Å². The molecular weight excluding hydrogens is 566 g/mol. The molecule has 0 unspecified atom stereocenters. The Kier molecular flexibility index (Phi) is 10.3. The van der Waals surface area contributed by atoms with E-state index >= 15 is 0 Å². The van der Waals surface area contributed by atoms with E-state index in [0.29, 0.717) is 16.3 Å². The topological polar surface area (TPSA) is 105 Å². The van der Waals surface area contributed by atoms with Crippen LogP contribution in [0.1, 0.15) is 33.3 Å². The third-order valence-corrected chi connectivity index (χ3v) is 8.20. The molecule has 9 nitrogen and oxygen atoms in total. The highest BCUT2D eigenvalue weighted by atomic mass is 35.5. The second-order valence-electron chi connectivity index (χ2n) is 10.4. The lowest BCUT2D eigenvalue weighted by molar-refractivity contribution is -0.140. The van der Waals surface area contributed by atoms with Crippen LogP contribution in [0.15, 0.2) is 77.7 Å². The highest BCUT2D eigenvalue weighted by molar-refractivity contribution is 7.92. The molecule has 0 saturated carbocycles. The number of methoxy groups -OCH3 is 2. The third-order valence-electron chi connectivity index (χ3n) is 6.19. The van der Waals surface area contributed by atoms with Gasteiger partial charge in [0.15, 0.2) is 0 Å². The number of halogens is 1. The van der Waals surface area contributed by atoms with E-state index in [9.17, 15) is 18.0 Å². The molecular formula is C30H36ClN3O6S. The fraction of sp³-hybridized carbons (Fsp3) is 0.333. The van der Waals surface area contributed by atoms with Gasteiger partial charge in [-0.05, 0) is 81.8 Å². The van der Waals surface area contributed by atoms with E-state index in [2.05, 4.69) is 5.32 Å². The van der Waals surface area contributed by atoms with Crippen molar-refractivity contribution in [3.05, 3.63) is 83.4 Å². The van der Waals surface area contributed by atoms with Crippen LogP contribution in [0.25, 0.3) is 0 Å². The summed E-state index contributed by atoms with van der Waals surface area (Å²) in [4.78, 5) is 28.6. The number of anilines is 1. The second-order valence-corrected chi connectivity index (χ2v) is 12.7. The maximum Gasteiger partial charge on any atom is 0.264 e. The van der Waals surface area contributed by atoms with Crippen LogP contribution in [0.5, 0.6) is 11.5 Å². The maximum atomic E-state index is 14.1. The first-order valence-corrected chi connectivity index (χ1v) is 14.7. The predicted molar refractivity (Wildman–Crippen MR) is 160 cm³/mol. The van der Waals surface area contributed by atoms with Crippen molar-refractivity contribution >= 4 is 39.1 Å². The lowest BCUT2D eigenvalue weighted by atomic mass is 10.1. The summed E-state index contributed by atoms with van der Waals surface area (Å²) in [7, 11) is -1.37. The van der Waals surface area contributed by atoms with Crippen molar-refractivity contribution in [1.82, 2.24) is 10.2 Å². The van der Waals surface area contributed by atoms with Crippen molar-refractivity contribution in [3.8, 4) is 11.5 Å². The second kappa shape index (κ2) is 13.3. The normalized spacial score (nSPS) is 12.3. The Balaban J connectivity index is 2.08. The summed E-state index contributed by atoms with van der Waals surface area (Å²) >= 11 is 6.19. The van der Waals surface area contributed by atoms with Crippen molar-refractivity contribution in [3.63, 3.8) is 0 Å². The van der Waals surface area contributed by atoms with E-state index in [1.807, 2.05) is 20.8 Å². The highest BCUT2D eigenvalue weighted by Crippen LogP contribution is 2.33. The van der Waals surface area contributed by atoms with Crippen molar-refractivity contribution in [2.75, 3.05) is 25.1 Å². The Labute approximate surface area is 247 Å². The first-order valence-electron chi connectivity index (χ1n) is 12.9. The average molecular weight is 602 g/mol. The Morgan fingerprint density at radius 1 is 0.951 bits per heavy atom. The van der Waals surface area contributed by atoms with E-state index in [4.69, 9.17) is 21.1 Å². The molecule has 0 radical (unpaired) electrons. The molecule has 3 aromatic carbocycles. The van der Waals surface area contributed by atoms with Gasteiger partial charge in [-0.15, -0.1) is 0 Å². The molecule has 220 valence electrons. The van der Waals surface area contributed by atoms with Crippen LogP contribution in [0.3, 0.4) is 0 Å². The molecule has 1 atom stereocenters. The monoisotopic (exact) mass is 601 g/mol. The minimum Gasteiger partial charge on any atom is -0.497 e. The van der Waals surface area contributed by atoms with Gasteiger partial charge in [-0.25, -0.2) is 8.42 Å². The van der Waals surface area contributed by atoms with Gasteiger partial charge in [0, 0.05) is 17.1 Å². The van der Waals surface area contributed by atoms with E-state index < -0.39 is 34.1 Å². The molecule has 0 aliphatic carbocycles. The van der Waals surface area contributed by atoms with Crippen molar-refractivity contribution in [1.29, 1.82) is 0 Å². The fourth-order valence-corrected chi connectivity index (χ4v) is 5.75. The Morgan fingerprint density at radius 3 is 2.20 bits per heavy atom. The molecule has 0 saturated heterocycles. The van der Waals surface area contributed by atoms with Crippen molar-refractivity contribution in [2.45, 2.75) is 50.7 Å². The largest absolute Gasteiger partial charge is 0.497 e. The van der Waals surface area contributed by atoms with Gasteiger partial charge in [0.1, 0.15) is 24.1 Å². The standard InChI is InChI=1S/C30H36ClN3O6S/c1-21(29(36)32-30(2,3)4)33(19-22-10-9-11-23(31)18-22)28(35)20-34(26-12-7-8-13-27(26)40-6)41(37,38)25-16-14-24(39-5)15-17-25/h7-18,21H,19-20H2,1-6H3,(H,32,36)/t21-/m1/s1. The Hall–Kier alpha value is -3.76. The number of nitrogens with one attached hydrogen (secondary N) is 1. The number of para-hydroxylation sites is 2. The molecule has 0 aliphatic rings. The van der Waals surface area contributed by atoms with Gasteiger partial charge in [-0.1, -0.05) is 35.9 Å². The molecule has 0 bridgehead atoms. The number of carbonyl (C=O) groups excluding carboxylic acids is 2. The summed E-state index contributed by atoms with van der Waals surface area (Å²) < 4.78 is 39.7. The summed E-state index contributed by atoms with van der Waals surface area (Å²) in [5, 5.41) is 3.37. The number of carbonyl (C=O) groups is 2. The number of benzene rings is 3. The Morgan fingerprint density at radius 2 is 1.61 bits per heavy atom. The molecule has 0 spiro atoms. The zero-order valence-electron chi connectivity index (χ0n) is 24.0. The molecule has 3 aromatic rings. The van der Waals surface area contributed by atoms with E-state index in [1.165, 1.54) is 43.4 Å². The Bertz CT molecular complexity index is 1470. The minimum atomic E-state index is -4.27. The minimum absolute atomic E-state index is 0.0282. The predicted octanol–water partition coefficient (Wildman–Crippen LogP) is 4.88. The van der Waals surface area contributed by atoms with Gasteiger partial charge in [0.05, 0.1) is 24.8 Å². The lowest BCUT2D eigenvalue weighted by Crippen LogP contribution is -2.54. The van der Waals surface area contributed by atoms with Gasteiger partial charge >= 0.3 is 0 Å². The number of ether oxygens (including phenoxy) is 2. The van der Waals surface area contributed by atoms with Crippen LogP contribution in [-0.4, -0.2) is 57.5 Å². The van der Waals surface area contributed by atoms with Crippen LogP contribution in [-0.2, 0) is 26.2 Å². The molecule has 3 rings (SSSR count). The van der Waals surface area contributed by atoms with Crippen LogP contribution < -0.4 is 19.1 Å². The molecule has 0 fully saturated rings. The van der Waals surface area contributed by atoms with Crippen LogP contribution >= 0.6 is 11.6 Å². The molecule has 41 heavy (non-hydrogen) atoms. The average Bonchev–Trinajstić information content (AvgIpc) is 2.93. The number of amides is 2. The summed E-state index contributed by atoms with van der Waals surface area (Å²) in [5.41, 5.74) is 0.314. The zero-order valence-corrected chi connectivity index (χ0v) is 25.6. The summed E-state index contributed by atoms with van der Waals surface area (Å²) in [6, 6.07) is 18.4. The molecule has 0 heterocycles. The van der Waals surface area contributed by atoms with E-state index in [-0.39, 0.29) is 28.8 Å². The molecule has 1 N–H and O–H groups in total. The van der Waals surface area contributed by atoms with Gasteiger partial charge in [0.25, 0.3) is 10.0 Å². The number of sulfonamides is 1. The van der Waals surface area contributed by atoms with Crippen LogP contribution in [0.4, 0.5) is 5.69 Å². The lowest BCUT2D eigenvalue weighted by Gasteiger charge is -2.33. The van der Waals surface area contributed by atoms with Gasteiger partial charge in [0.2, 0.25) is 11.8 Å². The highest BCUT2D eigenvalue weighted by Gasteiger charge is 2.34. The first kappa shape index (κ1) is 31.8. The fourth-order valence-electron chi connectivity index (χ4n) is 4.11. The van der Waals surface area contributed by atoms with Crippen LogP contribution in [0.2, 0.25) is 5.02 Å². The van der Waals surface area contributed by atoms with E-state index in [0.717, 1.165) is 4.31 Å². The van der Waals surface area contributed by atoms with Gasteiger partial charge in [-0.3, -0.25) is 13.9 Å². The number of rotatable bonds is 11. The summed E-state index contributed by atoms with van der Waals surface area (Å²) in [6.07, 6.45) is 0. The quantitative estimate of drug-likeness (QED) is 0.336. The first-order chi connectivity index (χ1) is 19.3. The SMILES string of the molecule is COc1ccc(S(=O)(=O)N(CC(=O)N(Cc2cccc(Cl)c2)[C@H](C)C(=O)NC(C)(C)C)c2ccccc2OC)cc1. The van der Waals surface area contributed by atoms with E-state index in [1.54, 1.807) is 55.5 Å². The van der Waals surface area contributed by atoms with Crippen molar-refractivity contribution in [2.24, 2.45) is 0 Å². The smallest absolute Gasteiger partial charge is 0.264 e.